The fraction of sp³-hybridized carbons (Fsp3) is 0.308. The van der Waals surface area contributed by atoms with Gasteiger partial charge in [0.15, 0.2) is 5.82 Å². The number of rotatable bonds is 4. The van der Waals surface area contributed by atoms with Crippen LogP contribution < -0.4 is 0 Å². The van der Waals surface area contributed by atoms with Crippen LogP contribution in [0.4, 0.5) is 0 Å². The van der Waals surface area contributed by atoms with Crippen LogP contribution in [0.15, 0.2) is 28.8 Å². The first kappa shape index (κ1) is 12.5. The van der Waals surface area contributed by atoms with Crippen LogP contribution in [-0.4, -0.2) is 30.3 Å². The molecule has 0 aliphatic heterocycles. The van der Waals surface area contributed by atoms with E-state index in [4.69, 9.17) is 4.52 Å². The maximum atomic E-state index is 5.04. The third-order valence-electron chi connectivity index (χ3n) is 2.86. The molecule has 20 heavy (non-hydrogen) atoms. The molecule has 102 valence electrons. The van der Waals surface area contributed by atoms with Gasteiger partial charge in [-0.3, -0.25) is 0 Å². The number of hydrogen-bond donors (Lipinski definition) is 0. The van der Waals surface area contributed by atoms with E-state index in [-0.39, 0.29) is 0 Å². The number of nitrogens with zero attached hydrogens (tertiary/aromatic N) is 6. The Morgan fingerprint density at radius 2 is 2.00 bits per heavy atom. The summed E-state index contributed by atoms with van der Waals surface area (Å²) in [5.74, 6) is 1.75. The zero-order chi connectivity index (χ0) is 13.9. The van der Waals surface area contributed by atoms with Crippen molar-refractivity contribution >= 4 is 0 Å². The number of hydrogen-bond acceptors (Lipinski definition) is 6. The Bertz CT molecular complexity index is 700. The molecule has 0 aliphatic rings. The van der Waals surface area contributed by atoms with Gasteiger partial charge in [0.25, 0.3) is 0 Å². The Labute approximate surface area is 115 Å². The summed E-state index contributed by atoms with van der Waals surface area (Å²) in [6.07, 6.45) is 0.715. The van der Waals surface area contributed by atoms with Gasteiger partial charge in [-0.2, -0.15) is 9.78 Å². The highest BCUT2D eigenvalue weighted by molar-refractivity contribution is 5.53. The molecule has 3 rings (SSSR count). The smallest absolute Gasteiger partial charge is 0.226 e. The molecule has 7 nitrogen and oxygen atoms in total. The van der Waals surface area contributed by atoms with Gasteiger partial charge in [-0.05, 0) is 12.1 Å². The summed E-state index contributed by atoms with van der Waals surface area (Å²) < 4.78 is 5.04. The molecule has 7 heteroatoms. The first-order valence-electron chi connectivity index (χ1n) is 6.41. The molecule has 2 aromatic heterocycles. The molecule has 0 saturated carbocycles. The zero-order valence-corrected chi connectivity index (χ0v) is 11.3. The van der Waals surface area contributed by atoms with Crippen molar-refractivity contribution in [3.05, 3.63) is 41.5 Å². The predicted octanol–water partition coefficient (Wildman–Crippen LogP) is 1.64. The molecule has 0 spiro atoms. The molecule has 0 amide bonds. The molecule has 1 aromatic carbocycles. The standard InChI is InChI=1S/C13H14N6O/c1-3-12-14-11(17-20-12)8-19-16-13(15-18-19)10-6-4-9(2)5-7-10/h4-7H,3,8H2,1-2H3. The van der Waals surface area contributed by atoms with Crippen molar-refractivity contribution in [2.24, 2.45) is 0 Å². The van der Waals surface area contributed by atoms with Gasteiger partial charge in [-0.25, -0.2) is 0 Å². The quantitative estimate of drug-likeness (QED) is 0.716. The first-order chi connectivity index (χ1) is 9.74. The normalized spacial score (nSPS) is 10.9. The van der Waals surface area contributed by atoms with E-state index in [1.165, 1.54) is 10.4 Å². The summed E-state index contributed by atoms with van der Waals surface area (Å²) in [5, 5.41) is 16.2. The number of aryl methyl sites for hydroxylation is 2. The van der Waals surface area contributed by atoms with Crippen molar-refractivity contribution < 1.29 is 4.52 Å². The molecule has 0 aliphatic carbocycles. The van der Waals surface area contributed by atoms with Gasteiger partial charge < -0.3 is 4.52 Å². The lowest BCUT2D eigenvalue weighted by atomic mass is 10.1. The molecule has 2 heterocycles. The van der Waals surface area contributed by atoms with Crippen molar-refractivity contribution in [3.63, 3.8) is 0 Å². The Balaban J connectivity index is 1.78. The minimum Gasteiger partial charge on any atom is -0.339 e. The van der Waals surface area contributed by atoms with Crippen molar-refractivity contribution in [3.8, 4) is 11.4 Å². The highest BCUT2D eigenvalue weighted by atomic mass is 16.5. The second-order valence-corrected chi connectivity index (χ2v) is 4.47. The van der Waals surface area contributed by atoms with Crippen LogP contribution in [0.2, 0.25) is 0 Å². The minimum absolute atomic E-state index is 0.350. The van der Waals surface area contributed by atoms with Crippen molar-refractivity contribution in [1.82, 2.24) is 30.3 Å². The molecule has 0 bridgehead atoms. The molecule has 0 radical (unpaired) electrons. The van der Waals surface area contributed by atoms with E-state index in [1.807, 2.05) is 38.1 Å². The van der Waals surface area contributed by atoms with Gasteiger partial charge in [0.1, 0.15) is 6.54 Å². The van der Waals surface area contributed by atoms with Gasteiger partial charge in [0, 0.05) is 12.0 Å². The van der Waals surface area contributed by atoms with Crippen LogP contribution in [0, 0.1) is 6.92 Å². The second kappa shape index (κ2) is 5.20. The Hall–Kier alpha value is -2.57. The summed E-state index contributed by atoms with van der Waals surface area (Å²) in [7, 11) is 0. The average molecular weight is 270 g/mol. The van der Waals surface area contributed by atoms with E-state index in [9.17, 15) is 0 Å². The van der Waals surface area contributed by atoms with Crippen LogP contribution in [0.25, 0.3) is 11.4 Å². The lowest BCUT2D eigenvalue weighted by Crippen LogP contribution is -2.05. The molecule has 0 unspecified atom stereocenters. The summed E-state index contributed by atoms with van der Waals surface area (Å²) in [4.78, 5) is 5.67. The average Bonchev–Trinajstić information content (AvgIpc) is 3.09. The van der Waals surface area contributed by atoms with Gasteiger partial charge in [-0.15, -0.1) is 10.2 Å². The van der Waals surface area contributed by atoms with Crippen molar-refractivity contribution in [2.75, 3.05) is 0 Å². The Morgan fingerprint density at radius 1 is 1.20 bits per heavy atom. The lowest BCUT2D eigenvalue weighted by molar-refractivity contribution is 0.373. The molecule has 0 atom stereocenters. The first-order valence-corrected chi connectivity index (χ1v) is 6.41. The van der Waals surface area contributed by atoms with Gasteiger partial charge in [0.05, 0.1) is 0 Å². The van der Waals surface area contributed by atoms with E-state index in [2.05, 4.69) is 25.6 Å². The molecular weight excluding hydrogens is 256 g/mol. The number of tetrazole rings is 1. The summed E-state index contributed by atoms with van der Waals surface area (Å²) in [6, 6.07) is 7.98. The summed E-state index contributed by atoms with van der Waals surface area (Å²) >= 11 is 0. The zero-order valence-electron chi connectivity index (χ0n) is 11.3. The lowest BCUT2D eigenvalue weighted by Gasteiger charge is -1.95. The molecular formula is C13H14N6O. The van der Waals surface area contributed by atoms with Gasteiger partial charge >= 0.3 is 0 Å². The van der Waals surface area contributed by atoms with Crippen LogP contribution in [-0.2, 0) is 13.0 Å². The SMILES string of the molecule is CCc1nc(Cn2nnc(-c3ccc(C)cc3)n2)no1. The molecule has 3 aromatic rings. The van der Waals surface area contributed by atoms with E-state index < -0.39 is 0 Å². The van der Waals surface area contributed by atoms with Crippen LogP contribution in [0.1, 0.15) is 24.2 Å². The number of benzene rings is 1. The van der Waals surface area contributed by atoms with Crippen molar-refractivity contribution in [2.45, 2.75) is 26.8 Å². The third kappa shape index (κ3) is 2.56. The highest BCUT2D eigenvalue weighted by Crippen LogP contribution is 2.14. The fourth-order valence-electron chi connectivity index (χ4n) is 1.75. The van der Waals surface area contributed by atoms with E-state index in [0.717, 1.165) is 5.56 Å². The van der Waals surface area contributed by atoms with Crippen LogP contribution >= 0.6 is 0 Å². The monoisotopic (exact) mass is 270 g/mol. The largest absolute Gasteiger partial charge is 0.339 e. The predicted molar refractivity (Wildman–Crippen MR) is 70.8 cm³/mol. The van der Waals surface area contributed by atoms with Crippen molar-refractivity contribution in [1.29, 1.82) is 0 Å². The highest BCUT2D eigenvalue weighted by Gasteiger charge is 2.09. The maximum absolute atomic E-state index is 5.04. The fourth-order valence-corrected chi connectivity index (χ4v) is 1.75. The Kier molecular flexibility index (Phi) is 3.24. The minimum atomic E-state index is 0.350. The van der Waals surface area contributed by atoms with Crippen LogP contribution in [0.5, 0.6) is 0 Å². The number of aromatic nitrogens is 6. The van der Waals surface area contributed by atoms with E-state index in [1.54, 1.807) is 0 Å². The van der Waals surface area contributed by atoms with E-state index >= 15 is 0 Å². The summed E-state index contributed by atoms with van der Waals surface area (Å²) in [6.45, 7) is 4.35. The summed E-state index contributed by atoms with van der Waals surface area (Å²) in [5.41, 5.74) is 2.13. The van der Waals surface area contributed by atoms with Gasteiger partial charge in [-0.1, -0.05) is 41.9 Å². The van der Waals surface area contributed by atoms with Gasteiger partial charge in [0.2, 0.25) is 11.7 Å². The second-order valence-electron chi connectivity index (χ2n) is 4.47. The van der Waals surface area contributed by atoms with E-state index in [0.29, 0.717) is 30.5 Å². The molecule has 0 fully saturated rings. The topological polar surface area (TPSA) is 82.5 Å². The third-order valence-corrected chi connectivity index (χ3v) is 2.86. The molecule has 0 N–H and O–H groups in total. The molecule has 0 saturated heterocycles. The maximum Gasteiger partial charge on any atom is 0.226 e. The Morgan fingerprint density at radius 3 is 2.70 bits per heavy atom. The van der Waals surface area contributed by atoms with Crippen LogP contribution in [0.3, 0.4) is 0 Å².